The Morgan fingerprint density at radius 3 is 2.73 bits per heavy atom. The van der Waals surface area contributed by atoms with Crippen LogP contribution in [0.1, 0.15) is 31.9 Å². The minimum absolute atomic E-state index is 0.0796. The number of ether oxygens (including phenoxy) is 1. The largest absolute Gasteiger partial charge is 0.437 e. The van der Waals surface area contributed by atoms with E-state index in [2.05, 4.69) is 25.2 Å². The fraction of sp³-hybridized carbons (Fsp3) is 0.360. The molecule has 1 aromatic carbocycles. The number of nitrogens with two attached hydrogens (primary N) is 1. The highest BCUT2D eigenvalue weighted by molar-refractivity contribution is 7.80. The van der Waals surface area contributed by atoms with Gasteiger partial charge in [0.15, 0.2) is 10.9 Å². The maximum atomic E-state index is 13.7. The monoisotopic (exact) mass is 529 g/mol. The van der Waals surface area contributed by atoms with Gasteiger partial charge in [0.1, 0.15) is 17.8 Å². The maximum absolute atomic E-state index is 13.7. The van der Waals surface area contributed by atoms with Gasteiger partial charge in [-0.25, -0.2) is 15.0 Å². The Balaban J connectivity index is 1.52. The van der Waals surface area contributed by atoms with Crippen LogP contribution in [0.25, 0.3) is 11.3 Å². The van der Waals surface area contributed by atoms with Gasteiger partial charge in [0, 0.05) is 30.8 Å². The van der Waals surface area contributed by atoms with Crippen LogP contribution < -0.4 is 20.7 Å². The minimum atomic E-state index is -4.57. The molecular formula is C25H26F3N7OS. The number of benzene rings is 1. The van der Waals surface area contributed by atoms with Crippen molar-refractivity contribution in [2.45, 2.75) is 44.6 Å². The van der Waals surface area contributed by atoms with Crippen molar-refractivity contribution in [1.29, 1.82) is 0 Å². The van der Waals surface area contributed by atoms with Gasteiger partial charge in [-0.1, -0.05) is 18.6 Å². The molecule has 2 unspecified atom stereocenters. The summed E-state index contributed by atoms with van der Waals surface area (Å²) in [5, 5.41) is 2.93. The van der Waals surface area contributed by atoms with Crippen LogP contribution in [-0.4, -0.2) is 50.3 Å². The molecule has 0 saturated carbocycles. The molecular weight excluding hydrogens is 503 g/mol. The third-order valence-electron chi connectivity index (χ3n) is 6.73. The van der Waals surface area contributed by atoms with Crippen LogP contribution >= 0.6 is 12.2 Å². The van der Waals surface area contributed by atoms with E-state index >= 15 is 0 Å². The summed E-state index contributed by atoms with van der Waals surface area (Å²) in [6.07, 6.45) is -0.135. The highest BCUT2D eigenvalue weighted by Crippen LogP contribution is 2.39. The van der Waals surface area contributed by atoms with Gasteiger partial charge < -0.3 is 20.7 Å². The molecule has 12 heteroatoms. The lowest BCUT2D eigenvalue weighted by atomic mass is 10.0. The molecule has 0 bridgehead atoms. The van der Waals surface area contributed by atoms with Crippen LogP contribution in [0.2, 0.25) is 0 Å². The van der Waals surface area contributed by atoms with E-state index in [9.17, 15) is 13.2 Å². The fourth-order valence-electron chi connectivity index (χ4n) is 5.00. The lowest BCUT2D eigenvalue weighted by Gasteiger charge is -2.32. The van der Waals surface area contributed by atoms with Crippen molar-refractivity contribution in [2.75, 3.05) is 23.3 Å². The molecule has 5 rings (SSSR count). The first-order chi connectivity index (χ1) is 17.7. The van der Waals surface area contributed by atoms with E-state index in [1.165, 1.54) is 12.4 Å². The summed E-state index contributed by atoms with van der Waals surface area (Å²) >= 11 is 4.93. The lowest BCUT2D eigenvalue weighted by molar-refractivity contribution is -0.141. The molecule has 4 heterocycles. The Bertz CT molecular complexity index is 1310. The standard InChI is InChI=1S/C25H26F3N7OS/c1-15-34-11-5-4-6-16(34)13-35(15)23-17(9-10-21(33-23)25(26,27)28)19-12-22(31-14-30-19)36-20-8-3-2-7-18(20)32-24(29)37/h2-3,7-10,12,14-16H,4-6,11,13H2,1H3,(H3,29,32,37). The van der Waals surface area contributed by atoms with Crippen LogP contribution in [-0.2, 0) is 6.18 Å². The van der Waals surface area contributed by atoms with E-state index < -0.39 is 11.9 Å². The second-order valence-electron chi connectivity index (χ2n) is 9.07. The summed E-state index contributed by atoms with van der Waals surface area (Å²) in [4.78, 5) is 16.9. The molecule has 2 saturated heterocycles. The Labute approximate surface area is 217 Å². The molecule has 8 nitrogen and oxygen atoms in total. The van der Waals surface area contributed by atoms with Crippen molar-refractivity contribution in [2.24, 2.45) is 5.73 Å². The van der Waals surface area contributed by atoms with Gasteiger partial charge in [0.25, 0.3) is 0 Å². The van der Waals surface area contributed by atoms with Gasteiger partial charge in [-0.3, -0.25) is 4.90 Å². The molecule has 2 aliphatic rings. The molecule has 2 fully saturated rings. The minimum Gasteiger partial charge on any atom is -0.437 e. The molecule has 3 aromatic rings. The average molecular weight is 530 g/mol. The van der Waals surface area contributed by atoms with Gasteiger partial charge in [-0.05, 0) is 56.2 Å². The first kappa shape index (κ1) is 25.2. The van der Waals surface area contributed by atoms with E-state index in [0.29, 0.717) is 29.2 Å². The number of piperidine rings is 1. The highest BCUT2D eigenvalue weighted by atomic mass is 32.1. The van der Waals surface area contributed by atoms with Crippen molar-refractivity contribution in [3.05, 3.63) is 54.5 Å². The molecule has 2 atom stereocenters. The van der Waals surface area contributed by atoms with E-state index in [0.717, 1.165) is 31.9 Å². The third kappa shape index (κ3) is 5.30. The number of hydrogen-bond donors (Lipinski definition) is 2. The number of nitrogens with one attached hydrogen (secondary N) is 1. The highest BCUT2D eigenvalue weighted by Gasteiger charge is 2.41. The number of fused-ring (bicyclic) bond motifs is 1. The first-order valence-corrected chi connectivity index (χ1v) is 12.4. The molecule has 2 aromatic heterocycles. The number of halogens is 3. The van der Waals surface area contributed by atoms with E-state index in [1.54, 1.807) is 30.3 Å². The van der Waals surface area contributed by atoms with Crippen LogP contribution in [0.5, 0.6) is 11.6 Å². The maximum Gasteiger partial charge on any atom is 0.433 e. The number of thiocarbonyl (C=S) groups is 1. The molecule has 194 valence electrons. The van der Waals surface area contributed by atoms with Gasteiger partial charge in [-0.2, -0.15) is 13.2 Å². The van der Waals surface area contributed by atoms with Crippen LogP contribution in [0.3, 0.4) is 0 Å². The van der Waals surface area contributed by atoms with E-state index in [4.69, 9.17) is 22.7 Å². The number of pyridine rings is 1. The van der Waals surface area contributed by atoms with Crippen molar-refractivity contribution in [3.8, 4) is 22.9 Å². The third-order valence-corrected chi connectivity index (χ3v) is 6.83. The normalized spacial score (nSPS) is 19.9. The number of para-hydroxylation sites is 2. The molecule has 0 radical (unpaired) electrons. The summed E-state index contributed by atoms with van der Waals surface area (Å²) in [5.74, 6) is 0.882. The summed E-state index contributed by atoms with van der Waals surface area (Å²) in [6, 6.07) is 11.3. The number of nitrogens with zero attached hydrogens (tertiary/aromatic N) is 5. The van der Waals surface area contributed by atoms with E-state index in [-0.39, 0.29) is 29.0 Å². The van der Waals surface area contributed by atoms with Crippen molar-refractivity contribution < 1.29 is 17.9 Å². The van der Waals surface area contributed by atoms with Gasteiger partial charge in [0.05, 0.1) is 17.5 Å². The Hall–Kier alpha value is -3.51. The smallest absolute Gasteiger partial charge is 0.433 e. The summed E-state index contributed by atoms with van der Waals surface area (Å²) in [6.45, 7) is 3.54. The van der Waals surface area contributed by atoms with Gasteiger partial charge >= 0.3 is 6.18 Å². The number of rotatable bonds is 5. The van der Waals surface area contributed by atoms with Crippen molar-refractivity contribution in [1.82, 2.24) is 19.9 Å². The molecule has 2 aliphatic heterocycles. The molecule has 3 N–H and O–H groups in total. The lowest BCUT2D eigenvalue weighted by Crippen LogP contribution is -2.41. The molecule has 0 spiro atoms. The van der Waals surface area contributed by atoms with Gasteiger partial charge in [0.2, 0.25) is 5.88 Å². The molecule has 0 amide bonds. The Kier molecular flexibility index (Phi) is 6.86. The fourth-order valence-corrected chi connectivity index (χ4v) is 5.11. The zero-order chi connectivity index (χ0) is 26.2. The summed E-state index contributed by atoms with van der Waals surface area (Å²) in [5.41, 5.74) is 6.09. The SMILES string of the molecule is CC1N(c2nc(C(F)(F)F)ccc2-c2cc(Oc3ccccc3NC(N)=S)ncn2)CC2CCCCN21. The quantitative estimate of drug-likeness (QED) is 0.442. The van der Waals surface area contributed by atoms with Crippen LogP contribution in [0, 0.1) is 0 Å². The first-order valence-electron chi connectivity index (χ1n) is 12.0. The molecule has 0 aliphatic carbocycles. The molecule has 37 heavy (non-hydrogen) atoms. The summed E-state index contributed by atoms with van der Waals surface area (Å²) < 4.78 is 46.9. The van der Waals surface area contributed by atoms with E-state index in [1.807, 2.05) is 11.8 Å². The van der Waals surface area contributed by atoms with Crippen molar-refractivity contribution in [3.63, 3.8) is 0 Å². The summed E-state index contributed by atoms with van der Waals surface area (Å²) in [7, 11) is 0. The predicted molar refractivity (Wildman–Crippen MR) is 138 cm³/mol. The number of aromatic nitrogens is 3. The predicted octanol–water partition coefficient (Wildman–Crippen LogP) is 5.03. The number of hydrogen-bond acceptors (Lipinski definition) is 7. The van der Waals surface area contributed by atoms with Gasteiger partial charge in [-0.15, -0.1) is 0 Å². The van der Waals surface area contributed by atoms with Crippen LogP contribution in [0.4, 0.5) is 24.7 Å². The second-order valence-corrected chi connectivity index (χ2v) is 9.51. The number of alkyl halides is 3. The zero-order valence-corrected chi connectivity index (χ0v) is 20.9. The topological polar surface area (TPSA) is 92.4 Å². The van der Waals surface area contributed by atoms with Crippen LogP contribution in [0.15, 0.2) is 48.8 Å². The second kappa shape index (κ2) is 10.1. The van der Waals surface area contributed by atoms with Crippen molar-refractivity contribution >= 4 is 28.8 Å². The zero-order valence-electron chi connectivity index (χ0n) is 20.1. The Morgan fingerprint density at radius 1 is 1.16 bits per heavy atom. The number of anilines is 2. The Morgan fingerprint density at radius 2 is 1.97 bits per heavy atom. The average Bonchev–Trinajstić information content (AvgIpc) is 3.20.